The molecule has 1 aliphatic heterocycles. The van der Waals surface area contributed by atoms with Crippen molar-refractivity contribution in [2.75, 3.05) is 0 Å². The number of benzene rings is 1. The van der Waals surface area contributed by atoms with Gasteiger partial charge in [0.05, 0.1) is 5.28 Å². The zero-order valence-corrected chi connectivity index (χ0v) is 7.03. The quantitative estimate of drug-likeness (QED) is 0.628. The van der Waals surface area contributed by atoms with Crippen LogP contribution >= 0.6 is 0 Å². The number of para-hydroxylation sites is 1. The maximum absolute atomic E-state index is 9.11. The van der Waals surface area contributed by atoms with Gasteiger partial charge in [-0.25, -0.2) is 0 Å². The monoisotopic (exact) mass is 196 g/mol. The summed E-state index contributed by atoms with van der Waals surface area (Å²) in [5.41, 5.74) is 2.07. The minimum atomic E-state index is -0.489. The molecule has 0 spiro atoms. The predicted molar refractivity (Wildman–Crippen MR) is 45.7 cm³/mol. The first-order valence-electron chi connectivity index (χ1n) is 3.82. The highest BCUT2D eigenvalue weighted by atomic mass is 16.8. The molecule has 14 heavy (non-hydrogen) atoms. The molecular weight excluding hydrogens is 188 g/mol. The van der Waals surface area contributed by atoms with Crippen molar-refractivity contribution in [2.45, 2.75) is 0 Å². The zero-order valence-electron chi connectivity index (χ0n) is 7.03. The predicted octanol–water partition coefficient (Wildman–Crippen LogP) is 0.236. The lowest BCUT2D eigenvalue weighted by atomic mass is 10.3. The van der Waals surface area contributed by atoms with E-state index in [9.17, 15) is 0 Å². The molecule has 7 heteroatoms. The molecule has 0 amide bonds. The third-order valence-corrected chi connectivity index (χ3v) is 1.52. The Hall–Kier alpha value is -1.99. The number of nitrogens with one attached hydrogen (secondary N) is 1. The first kappa shape index (κ1) is 8.60. The van der Waals surface area contributed by atoms with E-state index in [0.29, 0.717) is 16.2 Å². The van der Waals surface area contributed by atoms with Crippen LogP contribution in [-0.2, 0) is 0 Å². The number of hydrogen-bond acceptors (Lipinski definition) is 6. The molecule has 0 aliphatic carbocycles. The van der Waals surface area contributed by atoms with Gasteiger partial charge < -0.3 is 9.94 Å². The van der Waals surface area contributed by atoms with Crippen molar-refractivity contribution in [3.05, 3.63) is 30.3 Å². The largest absolute Gasteiger partial charge is 0.476 e. The normalized spacial score (nSPS) is 16.4. The molecule has 7 nitrogen and oxygen atoms in total. The highest BCUT2D eigenvalue weighted by Crippen LogP contribution is 2.12. The topological polar surface area (TPSA) is 80.6 Å². The van der Waals surface area contributed by atoms with E-state index in [4.69, 9.17) is 15.2 Å². The van der Waals surface area contributed by atoms with Gasteiger partial charge in [-0.1, -0.05) is 18.2 Å². The average Bonchev–Trinajstić information content (AvgIpc) is 2.51. The zero-order chi connectivity index (χ0) is 9.97. The number of nitrogens with zero attached hydrogens (tertiary/aromatic N) is 3. The SMILES string of the molecule is OC1=NNN(O)N1Oc1ccccc1. The number of amidine groups is 1. The molecule has 0 bridgehead atoms. The minimum absolute atomic E-state index is 0.405. The Bertz CT molecular complexity index is 342. The van der Waals surface area contributed by atoms with Crippen LogP contribution in [-0.4, -0.2) is 26.8 Å². The van der Waals surface area contributed by atoms with Crippen LogP contribution in [0.15, 0.2) is 35.4 Å². The lowest BCUT2D eigenvalue weighted by Gasteiger charge is -2.19. The van der Waals surface area contributed by atoms with E-state index in [1.165, 1.54) is 0 Å². The van der Waals surface area contributed by atoms with Crippen molar-refractivity contribution in [3.63, 3.8) is 0 Å². The van der Waals surface area contributed by atoms with E-state index in [0.717, 1.165) is 0 Å². The van der Waals surface area contributed by atoms with Gasteiger partial charge in [0.25, 0.3) is 0 Å². The van der Waals surface area contributed by atoms with Gasteiger partial charge in [0.2, 0.25) is 0 Å². The van der Waals surface area contributed by atoms with Gasteiger partial charge in [-0.3, -0.25) is 5.21 Å². The molecule has 0 aromatic heterocycles. The summed E-state index contributed by atoms with van der Waals surface area (Å²) < 4.78 is 0. The summed E-state index contributed by atoms with van der Waals surface area (Å²) in [6, 6.07) is 8.18. The van der Waals surface area contributed by atoms with E-state index < -0.39 is 6.02 Å². The third kappa shape index (κ3) is 1.53. The average molecular weight is 196 g/mol. The number of hydrazone groups is 1. The Morgan fingerprint density at radius 3 is 2.57 bits per heavy atom. The van der Waals surface area contributed by atoms with Crippen molar-refractivity contribution in [2.24, 2.45) is 5.10 Å². The third-order valence-electron chi connectivity index (χ3n) is 1.52. The number of aliphatic hydroxyl groups is 1. The molecule has 1 aromatic carbocycles. The lowest BCUT2D eigenvalue weighted by molar-refractivity contribution is -0.330. The molecule has 1 heterocycles. The molecule has 2 rings (SSSR count). The van der Waals surface area contributed by atoms with Crippen LogP contribution in [0.1, 0.15) is 0 Å². The second kappa shape index (κ2) is 3.40. The number of hydroxylamine groups is 1. The maximum Gasteiger partial charge on any atom is 0.362 e. The summed E-state index contributed by atoms with van der Waals surface area (Å²) in [6.45, 7) is 0. The van der Waals surface area contributed by atoms with Crippen LogP contribution in [0.4, 0.5) is 0 Å². The Morgan fingerprint density at radius 1 is 1.29 bits per heavy atom. The van der Waals surface area contributed by atoms with E-state index >= 15 is 0 Å². The summed E-state index contributed by atoms with van der Waals surface area (Å²) in [5, 5.41) is 22.6. The van der Waals surface area contributed by atoms with Crippen LogP contribution in [0.5, 0.6) is 5.75 Å². The van der Waals surface area contributed by atoms with Gasteiger partial charge >= 0.3 is 6.02 Å². The molecule has 0 saturated carbocycles. The van der Waals surface area contributed by atoms with Crippen molar-refractivity contribution >= 4 is 6.02 Å². The second-order valence-electron chi connectivity index (χ2n) is 2.48. The van der Waals surface area contributed by atoms with Crippen LogP contribution in [0, 0.1) is 0 Å². The smallest absolute Gasteiger partial charge is 0.362 e. The first-order chi connectivity index (χ1) is 6.77. The van der Waals surface area contributed by atoms with Crippen molar-refractivity contribution in [1.82, 2.24) is 16.0 Å². The fraction of sp³-hybridized carbons (Fsp3) is 0. The summed E-state index contributed by atoms with van der Waals surface area (Å²) in [6.07, 6.45) is 0. The van der Waals surface area contributed by atoms with E-state index in [1.54, 1.807) is 24.3 Å². The van der Waals surface area contributed by atoms with Gasteiger partial charge in [-0.05, 0) is 17.3 Å². The van der Waals surface area contributed by atoms with Gasteiger partial charge in [-0.15, -0.1) is 5.10 Å². The first-order valence-corrected chi connectivity index (χ1v) is 3.82. The Morgan fingerprint density at radius 2 is 2.00 bits per heavy atom. The van der Waals surface area contributed by atoms with Gasteiger partial charge in [-0.2, -0.15) is 5.53 Å². The summed E-state index contributed by atoms with van der Waals surface area (Å²) in [5.74, 6) is 0.456. The standard InChI is InChI=1S/C7H8N4O3/c12-7-8-9-11(13)10(7)14-6-4-2-1-3-5-6/h1-5,9,13H,(H,8,12). The lowest BCUT2D eigenvalue weighted by Crippen LogP contribution is -2.45. The molecular formula is C7H8N4O3. The molecule has 0 atom stereocenters. The van der Waals surface area contributed by atoms with Crippen LogP contribution in [0.2, 0.25) is 0 Å². The Labute approximate surface area is 79.3 Å². The van der Waals surface area contributed by atoms with Gasteiger partial charge in [0, 0.05) is 0 Å². The van der Waals surface area contributed by atoms with Crippen LogP contribution < -0.4 is 10.4 Å². The highest BCUT2D eigenvalue weighted by Gasteiger charge is 2.26. The minimum Gasteiger partial charge on any atom is -0.476 e. The molecule has 3 N–H and O–H groups in total. The number of rotatable bonds is 2. The second-order valence-corrected chi connectivity index (χ2v) is 2.48. The van der Waals surface area contributed by atoms with Gasteiger partial charge in [0.15, 0.2) is 5.75 Å². The molecule has 0 fully saturated rings. The maximum atomic E-state index is 9.11. The van der Waals surface area contributed by atoms with Crippen LogP contribution in [0.25, 0.3) is 0 Å². The fourth-order valence-electron chi connectivity index (χ4n) is 0.918. The van der Waals surface area contributed by atoms with Crippen molar-refractivity contribution < 1.29 is 15.2 Å². The van der Waals surface area contributed by atoms with E-state index in [1.807, 2.05) is 6.07 Å². The molecule has 0 radical (unpaired) electrons. The van der Waals surface area contributed by atoms with E-state index in [2.05, 4.69) is 10.6 Å². The molecule has 1 aliphatic rings. The van der Waals surface area contributed by atoms with Crippen molar-refractivity contribution in [3.8, 4) is 5.75 Å². The highest BCUT2D eigenvalue weighted by molar-refractivity contribution is 5.70. The Balaban J connectivity index is 2.08. The van der Waals surface area contributed by atoms with Gasteiger partial charge in [0.1, 0.15) is 0 Å². The Kier molecular flexibility index (Phi) is 2.09. The molecule has 1 aromatic rings. The summed E-state index contributed by atoms with van der Waals surface area (Å²) in [4.78, 5) is 5.07. The summed E-state index contributed by atoms with van der Waals surface area (Å²) >= 11 is 0. The summed E-state index contributed by atoms with van der Waals surface area (Å²) in [7, 11) is 0. The van der Waals surface area contributed by atoms with Crippen molar-refractivity contribution in [1.29, 1.82) is 0 Å². The molecule has 74 valence electrons. The fourth-order valence-corrected chi connectivity index (χ4v) is 0.918. The van der Waals surface area contributed by atoms with Crippen LogP contribution in [0.3, 0.4) is 0 Å². The molecule has 0 unspecified atom stereocenters. The molecule has 0 saturated heterocycles. The number of aliphatic hydroxyl groups excluding tert-OH is 1. The number of hydrazine groups is 2. The number of hydrogen-bond donors (Lipinski definition) is 3. The van der Waals surface area contributed by atoms with E-state index in [-0.39, 0.29) is 0 Å².